The fourth-order valence-electron chi connectivity index (χ4n) is 2.54. The third-order valence-electron chi connectivity index (χ3n) is 3.78. The van der Waals surface area contributed by atoms with Crippen LogP contribution in [-0.2, 0) is 9.59 Å². The zero-order valence-electron chi connectivity index (χ0n) is 9.89. The van der Waals surface area contributed by atoms with E-state index in [1.54, 1.807) is 0 Å². The molecule has 2 aliphatic carbocycles. The van der Waals surface area contributed by atoms with E-state index in [4.69, 9.17) is 10.8 Å². The van der Waals surface area contributed by atoms with E-state index >= 15 is 0 Å². The summed E-state index contributed by atoms with van der Waals surface area (Å²) in [5, 5.41) is 11.8. The fourth-order valence-corrected chi connectivity index (χ4v) is 2.54. The third kappa shape index (κ3) is 3.19. The largest absolute Gasteiger partial charge is 0.481 e. The van der Waals surface area contributed by atoms with Crippen molar-refractivity contribution in [2.75, 3.05) is 0 Å². The van der Waals surface area contributed by atoms with E-state index in [0.29, 0.717) is 12.3 Å². The maximum Gasteiger partial charge on any atom is 0.308 e. The molecule has 5 heteroatoms. The lowest BCUT2D eigenvalue weighted by Gasteiger charge is -2.20. The van der Waals surface area contributed by atoms with Crippen LogP contribution in [0.1, 0.15) is 38.5 Å². The number of carbonyl (C=O) groups is 2. The zero-order chi connectivity index (χ0) is 12.4. The highest BCUT2D eigenvalue weighted by molar-refractivity contribution is 5.82. The second kappa shape index (κ2) is 5.04. The summed E-state index contributed by atoms with van der Waals surface area (Å²) in [6, 6.07) is -0.706. The molecule has 0 radical (unpaired) electrons. The number of amides is 1. The molecule has 2 saturated carbocycles. The Labute approximate surface area is 101 Å². The molecule has 2 fully saturated rings. The SMILES string of the molecule is NC(CC1CC1)C(=O)NC1CCCC1C(=O)O. The summed E-state index contributed by atoms with van der Waals surface area (Å²) in [5.74, 6) is -0.833. The highest BCUT2D eigenvalue weighted by Crippen LogP contribution is 2.33. The fraction of sp³-hybridized carbons (Fsp3) is 0.833. The van der Waals surface area contributed by atoms with Gasteiger partial charge in [-0.1, -0.05) is 19.3 Å². The lowest BCUT2D eigenvalue weighted by atomic mass is 10.0. The van der Waals surface area contributed by atoms with Crippen molar-refractivity contribution in [3.05, 3.63) is 0 Å². The normalized spacial score (nSPS) is 29.9. The molecule has 4 N–H and O–H groups in total. The number of hydrogen-bond acceptors (Lipinski definition) is 3. The first-order valence-corrected chi connectivity index (χ1v) is 6.36. The predicted molar refractivity (Wildman–Crippen MR) is 62.2 cm³/mol. The van der Waals surface area contributed by atoms with E-state index in [1.165, 1.54) is 12.8 Å². The average Bonchev–Trinajstić information content (AvgIpc) is 2.94. The number of nitrogens with two attached hydrogens (primary N) is 1. The summed E-state index contributed by atoms with van der Waals surface area (Å²) >= 11 is 0. The van der Waals surface area contributed by atoms with Crippen molar-refractivity contribution in [3.8, 4) is 0 Å². The summed E-state index contributed by atoms with van der Waals surface area (Å²) < 4.78 is 0. The van der Waals surface area contributed by atoms with Gasteiger partial charge >= 0.3 is 5.97 Å². The van der Waals surface area contributed by atoms with E-state index in [2.05, 4.69) is 5.32 Å². The molecular weight excluding hydrogens is 220 g/mol. The van der Waals surface area contributed by atoms with Crippen LogP contribution in [0.3, 0.4) is 0 Å². The molecule has 0 aromatic heterocycles. The second-order valence-corrected chi connectivity index (χ2v) is 5.28. The van der Waals surface area contributed by atoms with Crippen LogP contribution < -0.4 is 11.1 Å². The van der Waals surface area contributed by atoms with Gasteiger partial charge < -0.3 is 16.2 Å². The molecule has 0 spiro atoms. The number of carboxylic acids is 1. The molecular formula is C12H20N2O3. The number of nitrogens with one attached hydrogen (secondary N) is 1. The molecule has 2 aliphatic rings. The van der Waals surface area contributed by atoms with Crippen molar-refractivity contribution in [1.82, 2.24) is 5.32 Å². The van der Waals surface area contributed by atoms with E-state index in [1.807, 2.05) is 0 Å². The Bertz CT molecular complexity index is 315. The lowest BCUT2D eigenvalue weighted by molar-refractivity contribution is -0.142. The maximum absolute atomic E-state index is 11.8. The molecule has 1 amide bonds. The molecule has 96 valence electrons. The monoisotopic (exact) mass is 240 g/mol. The van der Waals surface area contributed by atoms with Crippen LogP contribution in [0.15, 0.2) is 0 Å². The summed E-state index contributed by atoms with van der Waals surface area (Å²) in [6.45, 7) is 0. The van der Waals surface area contributed by atoms with Gasteiger partial charge in [-0.25, -0.2) is 0 Å². The van der Waals surface area contributed by atoms with E-state index in [-0.39, 0.29) is 11.9 Å². The van der Waals surface area contributed by atoms with E-state index in [0.717, 1.165) is 19.3 Å². The standard InChI is InChI=1S/C12H20N2O3/c13-9(6-7-4-5-7)11(15)14-10-3-1-2-8(10)12(16)17/h7-10H,1-6,13H2,(H,14,15)(H,16,17). The van der Waals surface area contributed by atoms with Crippen LogP contribution in [0.4, 0.5) is 0 Å². The number of hydrogen-bond donors (Lipinski definition) is 3. The minimum absolute atomic E-state index is 0.185. The smallest absolute Gasteiger partial charge is 0.308 e. The number of rotatable bonds is 5. The van der Waals surface area contributed by atoms with Crippen molar-refractivity contribution in [3.63, 3.8) is 0 Å². The van der Waals surface area contributed by atoms with E-state index in [9.17, 15) is 9.59 Å². The van der Waals surface area contributed by atoms with Crippen molar-refractivity contribution in [1.29, 1.82) is 0 Å². The summed E-state index contributed by atoms with van der Waals surface area (Å²) in [5.41, 5.74) is 5.80. The topological polar surface area (TPSA) is 92.4 Å². The van der Waals surface area contributed by atoms with Crippen LogP contribution in [0.5, 0.6) is 0 Å². The zero-order valence-corrected chi connectivity index (χ0v) is 9.89. The summed E-state index contributed by atoms with van der Waals surface area (Å²) in [6.07, 6.45) is 5.33. The van der Waals surface area contributed by atoms with Gasteiger partial charge in [0.25, 0.3) is 0 Å². The van der Waals surface area contributed by atoms with Gasteiger partial charge in [0.05, 0.1) is 12.0 Å². The number of carboxylic acid groups (broad SMARTS) is 1. The molecule has 3 atom stereocenters. The molecule has 0 heterocycles. The Hall–Kier alpha value is -1.10. The first-order chi connectivity index (χ1) is 8.08. The maximum atomic E-state index is 11.8. The third-order valence-corrected chi connectivity index (χ3v) is 3.78. The van der Waals surface area contributed by atoms with Crippen molar-refractivity contribution in [2.45, 2.75) is 50.6 Å². The van der Waals surface area contributed by atoms with Gasteiger partial charge in [0.15, 0.2) is 0 Å². The van der Waals surface area contributed by atoms with E-state index < -0.39 is 17.9 Å². The van der Waals surface area contributed by atoms with Gasteiger partial charge in [-0.05, 0) is 25.2 Å². The molecule has 0 aliphatic heterocycles. The number of carbonyl (C=O) groups excluding carboxylic acids is 1. The molecule has 0 saturated heterocycles. The van der Waals surface area contributed by atoms with Gasteiger partial charge in [-0.3, -0.25) is 9.59 Å². The second-order valence-electron chi connectivity index (χ2n) is 5.28. The average molecular weight is 240 g/mol. The minimum atomic E-state index is -0.816. The predicted octanol–water partition coefficient (Wildman–Crippen LogP) is 0.483. The first kappa shape index (κ1) is 12.4. The quantitative estimate of drug-likeness (QED) is 0.652. The highest BCUT2D eigenvalue weighted by Gasteiger charge is 2.35. The van der Waals surface area contributed by atoms with Gasteiger partial charge in [-0.2, -0.15) is 0 Å². The molecule has 5 nitrogen and oxygen atoms in total. The lowest BCUT2D eigenvalue weighted by Crippen LogP contribution is -2.48. The Kier molecular flexibility index (Phi) is 3.66. The Balaban J connectivity index is 1.82. The molecule has 0 bridgehead atoms. The van der Waals surface area contributed by atoms with Gasteiger partial charge in [0.2, 0.25) is 5.91 Å². The molecule has 2 rings (SSSR count). The Morgan fingerprint density at radius 2 is 2.00 bits per heavy atom. The minimum Gasteiger partial charge on any atom is -0.481 e. The van der Waals surface area contributed by atoms with Crippen molar-refractivity contribution < 1.29 is 14.7 Å². The van der Waals surface area contributed by atoms with Crippen LogP contribution in [0.2, 0.25) is 0 Å². The first-order valence-electron chi connectivity index (χ1n) is 6.36. The van der Waals surface area contributed by atoms with Crippen LogP contribution in [0, 0.1) is 11.8 Å². The van der Waals surface area contributed by atoms with Gasteiger partial charge in [-0.15, -0.1) is 0 Å². The number of aliphatic carboxylic acids is 1. The van der Waals surface area contributed by atoms with Gasteiger partial charge in [0, 0.05) is 6.04 Å². The van der Waals surface area contributed by atoms with Crippen LogP contribution in [-0.4, -0.2) is 29.1 Å². The Morgan fingerprint density at radius 1 is 1.29 bits per heavy atom. The molecule has 3 unspecified atom stereocenters. The van der Waals surface area contributed by atoms with Crippen molar-refractivity contribution >= 4 is 11.9 Å². The molecule has 17 heavy (non-hydrogen) atoms. The highest BCUT2D eigenvalue weighted by atomic mass is 16.4. The van der Waals surface area contributed by atoms with Gasteiger partial charge in [0.1, 0.15) is 0 Å². The molecule has 0 aromatic carbocycles. The summed E-state index contributed by atoms with van der Waals surface area (Å²) in [7, 11) is 0. The summed E-state index contributed by atoms with van der Waals surface area (Å²) in [4.78, 5) is 22.8. The Morgan fingerprint density at radius 3 is 2.59 bits per heavy atom. The van der Waals surface area contributed by atoms with Crippen molar-refractivity contribution in [2.24, 2.45) is 17.6 Å². The molecule has 0 aromatic rings. The van der Waals surface area contributed by atoms with Crippen LogP contribution >= 0.6 is 0 Å². The van der Waals surface area contributed by atoms with Crippen LogP contribution in [0.25, 0.3) is 0 Å².